The minimum absolute atomic E-state index is 0.587. The zero-order valence-electron chi connectivity index (χ0n) is 10.8. The molecule has 0 aliphatic heterocycles. The Hall–Kier alpha value is -2.03. The molecular formula is C15H10BrClN4. The number of nitrogens with one attached hydrogen (secondary N) is 1. The topological polar surface area (TPSA) is 53.1 Å². The lowest BCUT2D eigenvalue weighted by molar-refractivity contribution is 1.08. The van der Waals surface area contributed by atoms with E-state index in [1.54, 1.807) is 12.1 Å². The standard InChI is InChI=1S/C15H10BrClN4/c16-13-5-10(6-18)1-3-14(13)19-7-12-9-21-8-11(17)2-4-15(21)20-12/h1-5,8-9,19H,7H2. The zero-order valence-corrected chi connectivity index (χ0v) is 13.2. The van der Waals surface area contributed by atoms with Crippen LogP contribution in [0.5, 0.6) is 0 Å². The van der Waals surface area contributed by atoms with E-state index in [0.29, 0.717) is 17.1 Å². The van der Waals surface area contributed by atoms with E-state index in [0.717, 1.165) is 21.5 Å². The third-order valence-electron chi connectivity index (χ3n) is 3.02. The number of hydrogen-bond acceptors (Lipinski definition) is 3. The second-order valence-corrected chi connectivity index (χ2v) is 5.80. The summed E-state index contributed by atoms with van der Waals surface area (Å²) < 4.78 is 2.75. The second kappa shape index (κ2) is 5.76. The lowest BCUT2D eigenvalue weighted by Crippen LogP contribution is -2.00. The van der Waals surface area contributed by atoms with Crippen LogP contribution in [0, 0.1) is 11.3 Å². The average Bonchev–Trinajstić information content (AvgIpc) is 2.87. The first kappa shape index (κ1) is 13.9. The van der Waals surface area contributed by atoms with E-state index in [-0.39, 0.29) is 0 Å². The van der Waals surface area contributed by atoms with Crippen LogP contribution >= 0.6 is 27.5 Å². The summed E-state index contributed by atoms with van der Waals surface area (Å²) in [6, 6.07) is 11.2. The Morgan fingerprint density at radius 3 is 2.90 bits per heavy atom. The minimum Gasteiger partial charge on any atom is -0.378 e. The van der Waals surface area contributed by atoms with Gasteiger partial charge in [-0.3, -0.25) is 0 Å². The molecule has 6 heteroatoms. The molecule has 1 aromatic carbocycles. The summed E-state index contributed by atoms with van der Waals surface area (Å²) in [4.78, 5) is 4.51. The Bertz CT molecular complexity index is 850. The molecule has 0 amide bonds. The van der Waals surface area contributed by atoms with Crippen molar-refractivity contribution in [1.82, 2.24) is 9.38 Å². The summed E-state index contributed by atoms with van der Waals surface area (Å²) in [5, 5.41) is 12.8. The lowest BCUT2D eigenvalue weighted by Gasteiger charge is -2.06. The predicted molar refractivity (Wildman–Crippen MR) is 86.4 cm³/mol. The SMILES string of the molecule is N#Cc1ccc(NCc2cn3cc(Cl)ccc3n2)c(Br)c1. The summed E-state index contributed by atoms with van der Waals surface area (Å²) in [5.74, 6) is 0. The maximum Gasteiger partial charge on any atom is 0.137 e. The average molecular weight is 362 g/mol. The number of benzene rings is 1. The highest BCUT2D eigenvalue weighted by atomic mass is 79.9. The van der Waals surface area contributed by atoms with E-state index in [4.69, 9.17) is 16.9 Å². The van der Waals surface area contributed by atoms with Crippen LogP contribution in [0.2, 0.25) is 5.02 Å². The fourth-order valence-corrected chi connectivity index (χ4v) is 2.70. The zero-order chi connectivity index (χ0) is 14.8. The van der Waals surface area contributed by atoms with Crippen LogP contribution in [0.4, 0.5) is 5.69 Å². The van der Waals surface area contributed by atoms with Crippen LogP contribution in [0.25, 0.3) is 5.65 Å². The number of aromatic nitrogens is 2. The predicted octanol–water partition coefficient (Wildman–Crippen LogP) is 4.23. The molecule has 2 aromatic heterocycles. The van der Waals surface area contributed by atoms with E-state index < -0.39 is 0 Å². The lowest BCUT2D eigenvalue weighted by atomic mass is 10.2. The van der Waals surface area contributed by atoms with Gasteiger partial charge in [0.05, 0.1) is 28.9 Å². The number of imidazole rings is 1. The van der Waals surface area contributed by atoms with Crippen molar-refractivity contribution in [3.05, 3.63) is 63.5 Å². The Labute approximate surface area is 135 Å². The Morgan fingerprint density at radius 2 is 2.14 bits per heavy atom. The van der Waals surface area contributed by atoms with Gasteiger partial charge in [-0.1, -0.05) is 11.6 Å². The van der Waals surface area contributed by atoms with Crippen LogP contribution in [0.3, 0.4) is 0 Å². The van der Waals surface area contributed by atoms with E-state index in [2.05, 4.69) is 32.3 Å². The van der Waals surface area contributed by atoms with Crippen LogP contribution in [0.1, 0.15) is 11.3 Å². The molecule has 2 heterocycles. The third-order valence-corrected chi connectivity index (χ3v) is 3.90. The molecule has 3 rings (SSSR count). The third kappa shape index (κ3) is 3.02. The number of nitrogens with zero attached hydrogens (tertiary/aromatic N) is 3. The number of hydrogen-bond donors (Lipinski definition) is 1. The van der Waals surface area contributed by atoms with Crippen molar-refractivity contribution in [3.63, 3.8) is 0 Å². The van der Waals surface area contributed by atoms with Gasteiger partial charge in [0.25, 0.3) is 0 Å². The molecule has 0 radical (unpaired) electrons. The van der Waals surface area contributed by atoms with Crippen molar-refractivity contribution >= 4 is 38.9 Å². The molecule has 0 fully saturated rings. The molecule has 0 spiro atoms. The molecule has 4 nitrogen and oxygen atoms in total. The number of halogens is 2. The van der Waals surface area contributed by atoms with Crippen LogP contribution in [0.15, 0.2) is 47.2 Å². The van der Waals surface area contributed by atoms with Crippen molar-refractivity contribution < 1.29 is 0 Å². The van der Waals surface area contributed by atoms with Gasteiger partial charge in [-0.25, -0.2) is 4.98 Å². The molecule has 104 valence electrons. The Kier molecular flexibility index (Phi) is 3.82. The minimum atomic E-state index is 0.587. The van der Waals surface area contributed by atoms with Crippen molar-refractivity contribution in [2.45, 2.75) is 6.54 Å². The molecule has 1 N–H and O–H groups in total. The highest BCUT2D eigenvalue weighted by Gasteiger charge is 2.04. The monoisotopic (exact) mass is 360 g/mol. The van der Waals surface area contributed by atoms with Crippen molar-refractivity contribution in [2.75, 3.05) is 5.32 Å². The molecule has 3 aromatic rings. The number of fused-ring (bicyclic) bond motifs is 1. The van der Waals surface area contributed by atoms with Crippen molar-refractivity contribution in [1.29, 1.82) is 5.26 Å². The smallest absolute Gasteiger partial charge is 0.137 e. The summed E-state index contributed by atoms with van der Waals surface area (Å²) in [5.41, 5.74) is 3.31. The van der Waals surface area contributed by atoms with Crippen LogP contribution < -0.4 is 5.32 Å². The van der Waals surface area contributed by atoms with Crippen molar-refractivity contribution in [2.24, 2.45) is 0 Å². The quantitative estimate of drug-likeness (QED) is 0.759. The van der Waals surface area contributed by atoms with Gasteiger partial charge in [-0.15, -0.1) is 0 Å². The fraction of sp³-hybridized carbons (Fsp3) is 0.0667. The largest absolute Gasteiger partial charge is 0.378 e. The van der Waals surface area contributed by atoms with Gasteiger partial charge >= 0.3 is 0 Å². The van der Waals surface area contributed by atoms with Crippen LogP contribution in [-0.2, 0) is 6.54 Å². The summed E-state index contributed by atoms with van der Waals surface area (Å²) >= 11 is 9.40. The molecule has 21 heavy (non-hydrogen) atoms. The first-order valence-corrected chi connectivity index (χ1v) is 7.39. The Balaban J connectivity index is 1.78. The molecular weight excluding hydrogens is 352 g/mol. The van der Waals surface area contributed by atoms with Gasteiger partial charge in [-0.05, 0) is 46.3 Å². The molecule has 0 atom stereocenters. The molecule has 0 saturated heterocycles. The number of nitriles is 1. The maximum atomic E-state index is 8.85. The molecule has 0 aliphatic rings. The maximum absolute atomic E-state index is 8.85. The van der Waals surface area contributed by atoms with Gasteiger partial charge in [0.15, 0.2) is 0 Å². The highest BCUT2D eigenvalue weighted by Crippen LogP contribution is 2.24. The fourth-order valence-electron chi connectivity index (χ4n) is 2.02. The van der Waals surface area contributed by atoms with E-state index in [9.17, 15) is 0 Å². The second-order valence-electron chi connectivity index (χ2n) is 4.51. The summed E-state index contributed by atoms with van der Waals surface area (Å²) in [6.45, 7) is 0.587. The van der Waals surface area contributed by atoms with Crippen LogP contribution in [-0.4, -0.2) is 9.38 Å². The molecule has 0 aliphatic carbocycles. The highest BCUT2D eigenvalue weighted by molar-refractivity contribution is 9.10. The first-order chi connectivity index (χ1) is 10.2. The van der Waals surface area contributed by atoms with Gasteiger partial charge in [0.1, 0.15) is 5.65 Å². The van der Waals surface area contributed by atoms with Gasteiger partial charge in [0, 0.05) is 22.6 Å². The molecule has 0 saturated carbocycles. The Morgan fingerprint density at radius 1 is 1.29 bits per heavy atom. The van der Waals surface area contributed by atoms with E-state index in [1.165, 1.54) is 0 Å². The van der Waals surface area contributed by atoms with E-state index >= 15 is 0 Å². The van der Waals surface area contributed by atoms with Gasteiger partial charge < -0.3 is 9.72 Å². The molecule has 0 unspecified atom stereocenters. The number of pyridine rings is 1. The normalized spacial score (nSPS) is 10.5. The first-order valence-electron chi connectivity index (χ1n) is 6.22. The summed E-state index contributed by atoms with van der Waals surface area (Å²) in [6.07, 6.45) is 3.76. The van der Waals surface area contributed by atoms with Gasteiger partial charge in [0.2, 0.25) is 0 Å². The van der Waals surface area contributed by atoms with E-state index in [1.807, 2.05) is 35.0 Å². The molecule has 0 bridgehead atoms. The van der Waals surface area contributed by atoms with Gasteiger partial charge in [-0.2, -0.15) is 5.26 Å². The number of anilines is 1. The number of rotatable bonds is 3. The van der Waals surface area contributed by atoms with Crippen molar-refractivity contribution in [3.8, 4) is 6.07 Å². The summed E-state index contributed by atoms with van der Waals surface area (Å²) in [7, 11) is 0.